The molecule has 0 N–H and O–H groups in total. The van der Waals surface area contributed by atoms with E-state index >= 15 is 0 Å². The molecule has 23 heavy (non-hydrogen) atoms. The van der Waals surface area contributed by atoms with E-state index in [0.717, 1.165) is 18.9 Å². The number of carbonyl (C=O) groups excluding carboxylic acids is 1. The normalized spacial score (nSPS) is 23.8. The Morgan fingerprint density at radius 3 is 2.57 bits per heavy atom. The Kier molecular flexibility index (Phi) is 4.43. The average molecular weight is 338 g/mol. The second kappa shape index (κ2) is 6.35. The Morgan fingerprint density at radius 2 is 2.00 bits per heavy atom. The predicted octanol–water partition coefficient (Wildman–Crippen LogP) is 0.442. The van der Waals surface area contributed by atoms with Crippen LogP contribution in [0.1, 0.15) is 6.42 Å². The minimum Gasteiger partial charge on any atom is -0.353 e. The molecule has 3 heterocycles. The van der Waals surface area contributed by atoms with E-state index in [-0.39, 0.29) is 23.6 Å². The third-order valence-electron chi connectivity index (χ3n) is 4.58. The third-order valence-corrected chi connectivity index (χ3v) is 6.33. The molecule has 2 aliphatic heterocycles. The number of piperazine rings is 1. The molecule has 2 amide bonds. The molecule has 8 heteroatoms. The molecule has 0 saturated carbocycles. The van der Waals surface area contributed by atoms with E-state index in [2.05, 4.69) is 9.88 Å². The van der Waals surface area contributed by atoms with Crippen molar-refractivity contribution in [2.75, 3.05) is 49.6 Å². The zero-order valence-corrected chi connectivity index (χ0v) is 14.1. The maximum absolute atomic E-state index is 12.6. The first-order chi connectivity index (χ1) is 11.0. The van der Waals surface area contributed by atoms with Crippen molar-refractivity contribution in [2.45, 2.75) is 12.5 Å². The molecule has 2 fully saturated rings. The molecule has 2 saturated heterocycles. The van der Waals surface area contributed by atoms with Crippen LogP contribution in [0.3, 0.4) is 0 Å². The van der Waals surface area contributed by atoms with E-state index in [1.165, 1.54) is 0 Å². The highest BCUT2D eigenvalue weighted by molar-refractivity contribution is 7.91. The zero-order valence-electron chi connectivity index (χ0n) is 13.3. The Hall–Kier alpha value is -1.83. The van der Waals surface area contributed by atoms with Crippen molar-refractivity contribution in [1.82, 2.24) is 14.8 Å². The van der Waals surface area contributed by atoms with Gasteiger partial charge in [0.2, 0.25) is 0 Å². The number of hydrogen-bond acceptors (Lipinski definition) is 5. The van der Waals surface area contributed by atoms with Crippen LogP contribution in [-0.4, -0.2) is 80.0 Å². The molecule has 1 aromatic heterocycles. The average Bonchev–Trinajstić information content (AvgIpc) is 2.94. The lowest BCUT2D eigenvalue weighted by atomic mass is 10.2. The fraction of sp³-hybridized carbons (Fsp3) is 0.600. The van der Waals surface area contributed by atoms with Crippen molar-refractivity contribution in [2.24, 2.45) is 0 Å². The lowest BCUT2D eigenvalue weighted by molar-refractivity contribution is 0.147. The van der Waals surface area contributed by atoms with Gasteiger partial charge >= 0.3 is 6.03 Å². The van der Waals surface area contributed by atoms with Crippen molar-refractivity contribution < 1.29 is 13.2 Å². The summed E-state index contributed by atoms with van der Waals surface area (Å²) in [4.78, 5) is 22.4. The summed E-state index contributed by atoms with van der Waals surface area (Å²) < 4.78 is 23.2. The number of pyridine rings is 1. The SMILES string of the molecule is CN(C(=O)N1CCN(c2ccccn2)CC1)C1CCS(=O)(=O)C1. The standard InChI is InChI=1S/C15H22N4O3S/c1-17(13-5-11-23(21,22)12-13)15(20)19-9-7-18(8-10-19)14-4-2-3-6-16-14/h2-4,6,13H,5,7-12H2,1H3. The molecule has 0 aromatic carbocycles. The van der Waals surface area contributed by atoms with Gasteiger partial charge in [-0.1, -0.05) is 6.07 Å². The molecular formula is C15H22N4O3S. The van der Waals surface area contributed by atoms with Crippen LogP contribution in [0, 0.1) is 0 Å². The minimum atomic E-state index is -2.98. The second-order valence-corrected chi connectivity index (χ2v) is 8.34. The summed E-state index contributed by atoms with van der Waals surface area (Å²) in [6.07, 6.45) is 2.31. The summed E-state index contributed by atoms with van der Waals surface area (Å²) in [5.41, 5.74) is 0. The van der Waals surface area contributed by atoms with E-state index in [9.17, 15) is 13.2 Å². The number of carbonyl (C=O) groups is 1. The van der Waals surface area contributed by atoms with E-state index in [1.54, 1.807) is 23.0 Å². The van der Waals surface area contributed by atoms with Crippen LogP contribution in [0.5, 0.6) is 0 Å². The first-order valence-electron chi connectivity index (χ1n) is 7.84. The van der Waals surface area contributed by atoms with Crippen LogP contribution in [-0.2, 0) is 9.84 Å². The van der Waals surface area contributed by atoms with E-state index < -0.39 is 9.84 Å². The van der Waals surface area contributed by atoms with Gasteiger partial charge in [-0.2, -0.15) is 0 Å². The molecule has 0 radical (unpaired) electrons. The fourth-order valence-corrected chi connectivity index (χ4v) is 4.90. The van der Waals surface area contributed by atoms with Crippen LogP contribution in [0.2, 0.25) is 0 Å². The number of rotatable bonds is 2. The highest BCUT2D eigenvalue weighted by Crippen LogP contribution is 2.19. The Labute approximate surface area is 136 Å². The molecule has 1 unspecified atom stereocenters. The highest BCUT2D eigenvalue weighted by atomic mass is 32.2. The van der Waals surface area contributed by atoms with Crippen molar-refractivity contribution >= 4 is 21.7 Å². The smallest absolute Gasteiger partial charge is 0.320 e. The van der Waals surface area contributed by atoms with Crippen molar-refractivity contribution in [3.8, 4) is 0 Å². The summed E-state index contributed by atoms with van der Waals surface area (Å²) in [6.45, 7) is 2.72. The molecule has 126 valence electrons. The molecule has 7 nitrogen and oxygen atoms in total. The first kappa shape index (κ1) is 16.0. The van der Waals surface area contributed by atoms with Gasteiger partial charge in [0.15, 0.2) is 9.84 Å². The van der Waals surface area contributed by atoms with Gasteiger partial charge in [-0.25, -0.2) is 18.2 Å². The molecule has 0 bridgehead atoms. The maximum atomic E-state index is 12.6. The summed E-state index contributed by atoms with van der Waals surface area (Å²) in [7, 11) is -1.27. The number of urea groups is 1. The summed E-state index contributed by atoms with van der Waals surface area (Å²) in [5.74, 6) is 1.20. The van der Waals surface area contributed by atoms with E-state index in [4.69, 9.17) is 0 Å². The Balaban J connectivity index is 1.56. The largest absolute Gasteiger partial charge is 0.353 e. The maximum Gasteiger partial charge on any atom is 0.320 e. The number of aromatic nitrogens is 1. The number of nitrogens with zero attached hydrogens (tertiary/aromatic N) is 4. The molecule has 0 aliphatic carbocycles. The predicted molar refractivity (Wildman–Crippen MR) is 88.2 cm³/mol. The molecule has 0 spiro atoms. The van der Waals surface area contributed by atoms with Gasteiger partial charge < -0.3 is 14.7 Å². The number of hydrogen-bond donors (Lipinski definition) is 0. The Bertz CT molecular complexity index is 657. The van der Waals surface area contributed by atoms with Crippen LogP contribution in [0.15, 0.2) is 24.4 Å². The van der Waals surface area contributed by atoms with Gasteiger partial charge in [0.25, 0.3) is 0 Å². The number of anilines is 1. The van der Waals surface area contributed by atoms with Gasteiger partial charge in [-0.3, -0.25) is 0 Å². The molecular weight excluding hydrogens is 316 g/mol. The van der Waals surface area contributed by atoms with Crippen molar-refractivity contribution in [3.63, 3.8) is 0 Å². The van der Waals surface area contributed by atoms with Crippen LogP contribution in [0.4, 0.5) is 10.6 Å². The minimum absolute atomic E-state index is 0.0761. The summed E-state index contributed by atoms with van der Waals surface area (Å²) >= 11 is 0. The lowest BCUT2D eigenvalue weighted by Gasteiger charge is -2.38. The highest BCUT2D eigenvalue weighted by Gasteiger charge is 2.35. The summed E-state index contributed by atoms with van der Waals surface area (Å²) in [5, 5.41) is 0. The lowest BCUT2D eigenvalue weighted by Crippen LogP contribution is -2.54. The van der Waals surface area contributed by atoms with E-state index in [0.29, 0.717) is 19.5 Å². The fourth-order valence-electron chi connectivity index (χ4n) is 3.13. The van der Waals surface area contributed by atoms with Crippen LogP contribution in [0.25, 0.3) is 0 Å². The van der Waals surface area contributed by atoms with Gasteiger partial charge in [0, 0.05) is 45.5 Å². The molecule has 3 rings (SSSR count). The molecule has 1 atom stereocenters. The second-order valence-electron chi connectivity index (χ2n) is 6.11. The zero-order chi connectivity index (χ0) is 16.4. The quantitative estimate of drug-likeness (QED) is 0.782. The van der Waals surface area contributed by atoms with Crippen LogP contribution < -0.4 is 4.90 Å². The van der Waals surface area contributed by atoms with Gasteiger partial charge in [0.05, 0.1) is 11.5 Å². The molecule has 1 aromatic rings. The van der Waals surface area contributed by atoms with Crippen LogP contribution >= 0.6 is 0 Å². The monoisotopic (exact) mass is 338 g/mol. The first-order valence-corrected chi connectivity index (χ1v) is 9.66. The van der Waals surface area contributed by atoms with Crippen molar-refractivity contribution in [1.29, 1.82) is 0 Å². The topological polar surface area (TPSA) is 73.8 Å². The summed E-state index contributed by atoms with van der Waals surface area (Å²) in [6, 6.07) is 5.53. The molecule has 2 aliphatic rings. The van der Waals surface area contributed by atoms with Crippen molar-refractivity contribution in [3.05, 3.63) is 24.4 Å². The van der Waals surface area contributed by atoms with E-state index in [1.807, 2.05) is 18.2 Å². The number of amides is 2. The van der Waals surface area contributed by atoms with Gasteiger partial charge in [-0.15, -0.1) is 0 Å². The number of sulfone groups is 1. The van der Waals surface area contributed by atoms with Gasteiger partial charge in [-0.05, 0) is 18.6 Å². The van der Waals surface area contributed by atoms with Gasteiger partial charge in [0.1, 0.15) is 5.82 Å². The third kappa shape index (κ3) is 3.57. The Morgan fingerprint density at radius 1 is 1.26 bits per heavy atom.